The molecule has 3 aromatic carbocycles. The monoisotopic (exact) mass is 541 g/mol. The zero-order chi connectivity index (χ0) is 26.8. The summed E-state index contributed by atoms with van der Waals surface area (Å²) in [6, 6.07) is 22.7. The number of unbranched alkanes of at least 4 members (excludes halogenated alkanes) is 1. The van der Waals surface area contributed by atoms with Gasteiger partial charge in [0.2, 0.25) is 11.8 Å². The topological polar surface area (TPSA) is 86.8 Å². The third kappa shape index (κ3) is 7.57. The Kier molecular flexibility index (Phi) is 10.1. The Balaban J connectivity index is 1.96. The highest BCUT2D eigenvalue weighted by molar-refractivity contribution is 7.92. The van der Waals surface area contributed by atoms with Gasteiger partial charge in [0.05, 0.1) is 10.6 Å². The van der Waals surface area contributed by atoms with Gasteiger partial charge in [0, 0.05) is 18.1 Å². The number of hydrogen-bond donors (Lipinski definition) is 1. The number of nitrogens with zero attached hydrogens (tertiary/aromatic N) is 2. The van der Waals surface area contributed by atoms with E-state index >= 15 is 0 Å². The average Bonchev–Trinajstić information content (AvgIpc) is 2.91. The van der Waals surface area contributed by atoms with Crippen LogP contribution in [-0.4, -0.2) is 44.3 Å². The molecule has 0 aliphatic carbocycles. The third-order valence-electron chi connectivity index (χ3n) is 5.92. The Bertz CT molecular complexity index is 1270. The second-order valence-electron chi connectivity index (χ2n) is 8.63. The van der Waals surface area contributed by atoms with E-state index in [1.54, 1.807) is 49.4 Å². The van der Waals surface area contributed by atoms with Gasteiger partial charge in [-0.3, -0.25) is 13.9 Å². The van der Waals surface area contributed by atoms with Crippen molar-refractivity contribution in [2.24, 2.45) is 0 Å². The van der Waals surface area contributed by atoms with Crippen LogP contribution in [0.4, 0.5) is 5.69 Å². The van der Waals surface area contributed by atoms with Gasteiger partial charge in [-0.15, -0.1) is 0 Å². The van der Waals surface area contributed by atoms with E-state index in [0.29, 0.717) is 17.3 Å². The molecule has 3 rings (SSSR count). The fourth-order valence-corrected chi connectivity index (χ4v) is 5.32. The maximum absolute atomic E-state index is 13.8. The van der Waals surface area contributed by atoms with E-state index in [2.05, 4.69) is 5.32 Å². The van der Waals surface area contributed by atoms with Crippen LogP contribution in [0, 0.1) is 0 Å². The van der Waals surface area contributed by atoms with Crippen molar-refractivity contribution < 1.29 is 18.0 Å². The Morgan fingerprint density at radius 2 is 1.51 bits per heavy atom. The quantitative estimate of drug-likeness (QED) is 0.331. The van der Waals surface area contributed by atoms with Gasteiger partial charge in [-0.05, 0) is 55.3 Å². The Hall–Kier alpha value is -3.36. The number of benzene rings is 3. The van der Waals surface area contributed by atoms with Gasteiger partial charge in [-0.2, -0.15) is 0 Å². The number of rotatable bonds is 12. The minimum Gasteiger partial charge on any atom is -0.354 e. The first-order valence-corrected chi connectivity index (χ1v) is 14.0. The van der Waals surface area contributed by atoms with Crippen molar-refractivity contribution in [1.29, 1.82) is 0 Å². The molecular weight excluding hydrogens is 510 g/mol. The van der Waals surface area contributed by atoms with Gasteiger partial charge < -0.3 is 10.2 Å². The highest BCUT2D eigenvalue weighted by atomic mass is 35.5. The smallest absolute Gasteiger partial charge is 0.264 e. The maximum Gasteiger partial charge on any atom is 0.264 e. The molecule has 3 aromatic rings. The van der Waals surface area contributed by atoms with Crippen molar-refractivity contribution in [3.63, 3.8) is 0 Å². The number of hydrogen-bond acceptors (Lipinski definition) is 4. The highest BCUT2D eigenvalue weighted by Crippen LogP contribution is 2.26. The molecule has 7 nitrogen and oxygen atoms in total. The van der Waals surface area contributed by atoms with Crippen LogP contribution in [0.2, 0.25) is 5.02 Å². The largest absolute Gasteiger partial charge is 0.354 e. The molecule has 37 heavy (non-hydrogen) atoms. The number of nitrogens with one attached hydrogen (secondary N) is 1. The lowest BCUT2D eigenvalue weighted by Crippen LogP contribution is -2.51. The zero-order valence-electron chi connectivity index (χ0n) is 21.0. The lowest BCUT2D eigenvalue weighted by molar-refractivity contribution is -0.139. The third-order valence-corrected chi connectivity index (χ3v) is 7.96. The summed E-state index contributed by atoms with van der Waals surface area (Å²) in [5.41, 5.74) is 1.12. The van der Waals surface area contributed by atoms with Gasteiger partial charge in [0.25, 0.3) is 10.0 Å². The van der Waals surface area contributed by atoms with Crippen LogP contribution in [0.5, 0.6) is 0 Å². The Morgan fingerprint density at radius 1 is 0.919 bits per heavy atom. The SMILES string of the molecule is CCCCNC(=O)C(C)N(Cc1ccccc1)C(=O)CN(c1ccc(Cl)cc1)S(=O)(=O)c1ccccc1. The molecule has 2 amide bonds. The van der Waals surface area contributed by atoms with Crippen LogP contribution in [0.25, 0.3) is 0 Å². The molecule has 0 aliphatic heterocycles. The molecular formula is C28H32ClN3O4S. The van der Waals surface area contributed by atoms with Crippen molar-refractivity contribution in [2.45, 2.75) is 44.2 Å². The molecule has 1 atom stereocenters. The van der Waals surface area contributed by atoms with Crippen molar-refractivity contribution in [3.8, 4) is 0 Å². The van der Waals surface area contributed by atoms with Crippen molar-refractivity contribution >= 4 is 39.1 Å². The van der Waals surface area contributed by atoms with E-state index in [9.17, 15) is 18.0 Å². The molecule has 0 aromatic heterocycles. The lowest BCUT2D eigenvalue weighted by atomic mass is 10.1. The average molecular weight is 542 g/mol. The van der Waals surface area contributed by atoms with Gasteiger partial charge in [0.15, 0.2) is 0 Å². The fraction of sp³-hybridized carbons (Fsp3) is 0.286. The summed E-state index contributed by atoms with van der Waals surface area (Å²) in [4.78, 5) is 28.2. The summed E-state index contributed by atoms with van der Waals surface area (Å²) in [6.45, 7) is 3.85. The van der Waals surface area contributed by atoms with Crippen LogP contribution < -0.4 is 9.62 Å². The predicted octanol–water partition coefficient (Wildman–Crippen LogP) is 4.87. The summed E-state index contributed by atoms with van der Waals surface area (Å²) in [5, 5.41) is 3.31. The minimum atomic E-state index is -4.09. The molecule has 1 unspecified atom stereocenters. The van der Waals surface area contributed by atoms with E-state index in [1.165, 1.54) is 17.0 Å². The molecule has 0 aliphatic rings. The van der Waals surface area contributed by atoms with Crippen LogP contribution in [-0.2, 0) is 26.2 Å². The summed E-state index contributed by atoms with van der Waals surface area (Å²) < 4.78 is 28.4. The molecule has 1 N–H and O–H groups in total. The summed E-state index contributed by atoms with van der Waals surface area (Å²) in [6.07, 6.45) is 1.75. The number of amides is 2. The number of halogens is 1. The number of anilines is 1. The molecule has 9 heteroatoms. The molecule has 0 spiro atoms. The molecule has 196 valence electrons. The highest BCUT2D eigenvalue weighted by Gasteiger charge is 2.32. The predicted molar refractivity (Wildman–Crippen MR) is 147 cm³/mol. The normalized spacial score (nSPS) is 12.0. The molecule has 0 heterocycles. The zero-order valence-corrected chi connectivity index (χ0v) is 22.6. The maximum atomic E-state index is 13.8. The first kappa shape index (κ1) is 28.2. The van der Waals surface area contributed by atoms with E-state index in [1.807, 2.05) is 37.3 Å². The molecule has 0 saturated heterocycles. The summed E-state index contributed by atoms with van der Waals surface area (Å²) in [5.74, 6) is -0.793. The van der Waals surface area contributed by atoms with Gasteiger partial charge >= 0.3 is 0 Å². The van der Waals surface area contributed by atoms with E-state index < -0.39 is 28.5 Å². The second-order valence-corrected chi connectivity index (χ2v) is 10.9. The van der Waals surface area contributed by atoms with Gasteiger partial charge in [0.1, 0.15) is 12.6 Å². The van der Waals surface area contributed by atoms with Gasteiger partial charge in [-0.25, -0.2) is 8.42 Å². The molecule has 0 fully saturated rings. The first-order valence-electron chi connectivity index (χ1n) is 12.2. The van der Waals surface area contributed by atoms with Crippen LogP contribution in [0.1, 0.15) is 32.3 Å². The molecule has 0 saturated carbocycles. The lowest BCUT2D eigenvalue weighted by Gasteiger charge is -2.32. The van der Waals surface area contributed by atoms with Crippen LogP contribution in [0.15, 0.2) is 89.8 Å². The Labute approximate surface area is 224 Å². The molecule has 0 bridgehead atoms. The van der Waals surface area contributed by atoms with Crippen LogP contribution >= 0.6 is 11.6 Å². The van der Waals surface area contributed by atoms with E-state index in [0.717, 1.165) is 22.7 Å². The van der Waals surface area contributed by atoms with Crippen molar-refractivity contribution in [2.75, 3.05) is 17.4 Å². The standard InChI is InChI=1S/C28H32ClN3O4S/c1-3-4-19-30-28(34)22(2)31(20-23-11-7-5-8-12-23)27(33)21-32(25-17-15-24(29)16-18-25)37(35,36)26-13-9-6-10-14-26/h5-18,22H,3-4,19-21H2,1-2H3,(H,30,34). The molecule has 0 radical (unpaired) electrons. The second kappa shape index (κ2) is 13.3. The number of carbonyl (C=O) groups is 2. The number of carbonyl (C=O) groups excluding carboxylic acids is 2. The van der Waals surface area contributed by atoms with Crippen molar-refractivity contribution in [3.05, 3.63) is 95.5 Å². The minimum absolute atomic E-state index is 0.0534. The first-order chi connectivity index (χ1) is 17.7. The van der Waals surface area contributed by atoms with E-state index in [4.69, 9.17) is 11.6 Å². The summed E-state index contributed by atoms with van der Waals surface area (Å²) in [7, 11) is -4.09. The summed E-state index contributed by atoms with van der Waals surface area (Å²) >= 11 is 6.04. The Morgan fingerprint density at radius 3 is 2.11 bits per heavy atom. The van der Waals surface area contributed by atoms with Gasteiger partial charge in [-0.1, -0.05) is 73.5 Å². The van der Waals surface area contributed by atoms with Crippen molar-refractivity contribution in [1.82, 2.24) is 10.2 Å². The van der Waals surface area contributed by atoms with E-state index in [-0.39, 0.29) is 17.3 Å². The van der Waals surface area contributed by atoms with Crippen LogP contribution in [0.3, 0.4) is 0 Å². The number of sulfonamides is 1. The fourth-order valence-electron chi connectivity index (χ4n) is 3.75.